The van der Waals surface area contributed by atoms with Gasteiger partial charge >= 0.3 is 21.1 Å². The first-order valence-corrected chi connectivity index (χ1v) is 6.36. The van der Waals surface area contributed by atoms with E-state index in [-0.39, 0.29) is 21.1 Å². The molecule has 0 unspecified atom stereocenters. The van der Waals surface area contributed by atoms with E-state index in [4.69, 9.17) is 0 Å². The van der Waals surface area contributed by atoms with E-state index in [9.17, 15) is 0 Å². The maximum absolute atomic E-state index is 3.20. The summed E-state index contributed by atoms with van der Waals surface area (Å²) in [6, 6.07) is 22.5. The predicted molar refractivity (Wildman–Crippen MR) is 76.1 cm³/mol. The summed E-state index contributed by atoms with van der Waals surface area (Å²) in [6.45, 7) is 8.00. The third-order valence-electron chi connectivity index (χ3n) is 1.93. The fourth-order valence-corrected chi connectivity index (χ4v) is 1.29. The smallest absolute Gasteiger partial charge is 0.180 e. The Morgan fingerprint density at radius 2 is 1.11 bits per heavy atom. The second-order valence-corrected chi connectivity index (χ2v) is 2.95. The van der Waals surface area contributed by atoms with Crippen molar-refractivity contribution >= 4 is 0 Å². The summed E-state index contributed by atoms with van der Waals surface area (Å²) in [4.78, 5) is 0. The van der Waals surface area contributed by atoms with Gasteiger partial charge in [0, 0.05) is 0 Å². The van der Waals surface area contributed by atoms with Crippen LogP contribution in [0.2, 0.25) is 0 Å². The molecule has 0 aliphatic carbocycles. The fourth-order valence-electron chi connectivity index (χ4n) is 1.29. The summed E-state index contributed by atoms with van der Waals surface area (Å²) in [5.41, 5.74) is 2.43. The monoisotopic (exact) mass is 410 g/mol. The van der Waals surface area contributed by atoms with Crippen LogP contribution in [0.4, 0.5) is 0 Å². The van der Waals surface area contributed by atoms with Gasteiger partial charge in [-0.3, -0.25) is 0 Å². The quantitative estimate of drug-likeness (QED) is 0.617. The molecule has 0 fully saturated rings. The van der Waals surface area contributed by atoms with Crippen LogP contribution in [0.15, 0.2) is 48.5 Å². The SMILES string of the molecule is CC.CC.[W+2].[c-]1ccccc1Cc1[c-]cccc1. The van der Waals surface area contributed by atoms with Crippen LogP contribution in [-0.4, -0.2) is 0 Å². The Morgan fingerprint density at radius 3 is 1.39 bits per heavy atom. The van der Waals surface area contributed by atoms with Crippen LogP contribution in [0.3, 0.4) is 0 Å². The van der Waals surface area contributed by atoms with Crippen LogP contribution in [0, 0.1) is 12.1 Å². The van der Waals surface area contributed by atoms with Crippen molar-refractivity contribution in [3.8, 4) is 0 Å². The first-order valence-electron chi connectivity index (χ1n) is 6.36. The number of benzene rings is 2. The summed E-state index contributed by atoms with van der Waals surface area (Å²) in [7, 11) is 0. The predicted octanol–water partition coefficient (Wildman–Crippen LogP) is 4.93. The Labute approximate surface area is 127 Å². The molecule has 0 nitrogen and oxygen atoms in total. The van der Waals surface area contributed by atoms with Crippen molar-refractivity contribution < 1.29 is 21.1 Å². The average molecular weight is 410 g/mol. The summed E-state index contributed by atoms with van der Waals surface area (Å²) in [5.74, 6) is 0. The van der Waals surface area contributed by atoms with E-state index in [1.54, 1.807) is 0 Å². The number of hydrogen-bond donors (Lipinski definition) is 0. The molecule has 0 spiro atoms. The van der Waals surface area contributed by atoms with Crippen LogP contribution >= 0.6 is 0 Å². The molecule has 0 N–H and O–H groups in total. The van der Waals surface area contributed by atoms with Crippen LogP contribution in [-0.2, 0) is 27.5 Å². The molecule has 0 bridgehead atoms. The molecular formula is C17H22W. The van der Waals surface area contributed by atoms with Gasteiger partial charge in [-0.2, -0.15) is 71.8 Å². The molecule has 2 aromatic rings. The van der Waals surface area contributed by atoms with Crippen molar-refractivity contribution in [3.05, 3.63) is 71.8 Å². The van der Waals surface area contributed by atoms with Crippen LogP contribution < -0.4 is 0 Å². The molecule has 0 heterocycles. The summed E-state index contributed by atoms with van der Waals surface area (Å²) in [6.07, 6.45) is 0.918. The van der Waals surface area contributed by atoms with E-state index in [0.717, 1.165) is 6.42 Å². The zero-order valence-electron chi connectivity index (χ0n) is 11.7. The Bertz CT molecular complexity index is 316. The zero-order valence-corrected chi connectivity index (χ0v) is 14.7. The van der Waals surface area contributed by atoms with Crippen molar-refractivity contribution in [2.45, 2.75) is 34.1 Å². The Kier molecular flexibility index (Phi) is 15.3. The van der Waals surface area contributed by atoms with Gasteiger partial charge in [-0.05, 0) is 6.42 Å². The standard InChI is InChI=1S/C13H10.2C2H6.W/c1-3-7-12(8-4-1)11-13-9-5-2-6-10-13;2*1-2;/h1-7,9H,11H2;2*1-2H3;/q-2;;;+2. The summed E-state index contributed by atoms with van der Waals surface area (Å²) >= 11 is 0. The molecule has 0 saturated carbocycles. The molecule has 96 valence electrons. The van der Waals surface area contributed by atoms with E-state index < -0.39 is 0 Å². The molecule has 2 rings (SSSR count). The minimum Gasteiger partial charge on any atom is -0.180 e. The van der Waals surface area contributed by atoms with Gasteiger partial charge in [0.15, 0.2) is 0 Å². The van der Waals surface area contributed by atoms with Gasteiger partial charge in [0.05, 0.1) is 0 Å². The van der Waals surface area contributed by atoms with Crippen molar-refractivity contribution in [2.24, 2.45) is 0 Å². The number of hydrogen-bond acceptors (Lipinski definition) is 0. The zero-order chi connectivity index (χ0) is 12.9. The van der Waals surface area contributed by atoms with Crippen LogP contribution in [0.25, 0.3) is 0 Å². The van der Waals surface area contributed by atoms with Crippen LogP contribution in [0.5, 0.6) is 0 Å². The van der Waals surface area contributed by atoms with Gasteiger partial charge in [0.25, 0.3) is 0 Å². The topological polar surface area (TPSA) is 0 Å². The fraction of sp³-hybridized carbons (Fsp3) is 0.294. The molecular weight excluding hydrogens is 388 g/mol. The van der Waals surface area contributed by atoms with Gasteiger partial charge in [-0.15, -0.1) is 0 Å². The largest absolute Gasteiger partial charge is 2.00 e. The Morgan fingerprint density at radius 1 is 0.722 bits per heavy atom. The molecule has 2 aromatic carbocycles. The summed E-state index contributed by atoms with van der Waals surface area (Å²) in [5, 5.41) is 0. The molecule has 1 heteroatoms. The normalized spacial score (nSPS) is 7.78. The average Bonchev–Trinajstić information content (AvgIpc) is 2.45. The molecule has 0 aromatic heterocycles. The van der Waals surface area contributed by atoms with E-state index in [1.807, 2.05) is 64.1 Å². The molecule has 0 aliphatic rings. The molecule has 0 saturated heterocycles. The Balaban J connectivity index is 0. The van der Waals surface area contributed by atoms with Crippen molar-refractivity contribution in [1.29, 1.82) is 0 Å². The van der Waals surface area contributed by atoms with Crippen molar-refractivity contribution in [3.63, 3.8) is 0 Å². The molecule has 0 radical (unpaired) electrons. The first-order chi connectivity index (χ1) is 8.45. The molecule has 0 aliphatic heterocycles. The van der Waals surface area contributed by atoms with E-state index >= 15 is 0 Å². The van der Waals surface area contributed by atoms with Gasteiger partial charge < -0.3 is 0 Å². The maximum Gasteiger partial charge on any atom is 2.00 e. The number of rotatable bonds is 2. The molecule has 0 amide bonds. The van der Waals surface area contributed by atoms with Crippen molar-refractivity contribution in [2.75, 3.05) is 0 Å². The third kappa shape index (κ3) is 8.25. The van der Waals surface area contributed by atoms with E-state index in [2.05, 4.69) is 24.3 Å². The van der Waals surface area contributed by atoms with Gasteiger partial charge in [-0.25, -0.2) is 0 Å². The van der Waals surface area contributed by atoms with Gasteiger partial charge in [-0.1, -0.05) is 27.7 Å². The Hall–Kier alpha value is -0.872. The van der Waals surface area contributed by atoms with Crippen LogP contribution in [0.1, 0.15) is 38.8 Å². The van der Waals surface area contributed by atoms with Gasteiger partial charge in [0.1, 0.15) is 0 Å². The molecule has 0 atom stereocenters. The van der Waals surface area contributed by atoms with E-state index in [1.165, 1.54) is 11.1 Å². The van der Waals surface area contributed by atoms with E-state index in [0.29, 0.717) is 0 Å². The second kappa shape index (κ2) is 14.2. The van der Waals surface area contributed by atoms with Gasteiger partial charge in [0.2, 0.25) is 0 Å². The summed E-state index contributed by atoms with van der Waals surface area (Å²) < 4.78 is 0. The molecule has 18 heavy (non-hydrogen) atoms. The maximum atomic E-state index is 3.20. The first kappa shape index (κ1) is 19.5. The minimum absolute atomic E-state index is 0. The van der Waals surface area contributed by atoms with Crippen molar-refractivity contribution in [1.82, 2.24) is 0 Å². The second-order valence-electron chi connectivity index (χ2n) is 2.95. The minimum atomic E-state index is 0. The third-order valence-corrected chi connectivity index (χ3v) is 1.93.